The van der Waals surface area contributed by atoms with Crippen LogP contribution in [0.2, 0.25) is 10.0 Å². The lowest BCUT2D eigenvalue weighted by Crippen LogP contribution is -2.12. The van der Waals surface area contributed by atoms with Crippen LogP contribution in [-0.4, -0.2) is 12.5 Å². The van der Waals surface area contributed by atoms with Crippen molar-refractivity contribution in [3.8, 4) is 11.8 Å². The SMILES string of the molecule is NCC#Cc1cccc(C(=O)Nc2ccc(Cl)cc2Cl)c1. The lowest BCUT2D eigenvalue weighted by molar-refractivity contribution is 0.102. The molecule has 21 heavy (non-hydrogen) atoms. The summed E-state index contributed by atoms with van der Waals surface area (Å²) in [7, 11) is 0. The Balaban J connectivity index is 2.20. The molecule has 2 aromatic carbocycles. The molecule has 0 saturated heterocycles. The summed E-state index contributed by atoms with van der Waals surface area (Å²) in [5, 5.41) is 3.63. The first-order valence-electron chi connectivity index (χ1n) is 6.15. The van der Waals surface area contributed by atoms with E-state index < -0.39 is 0 Å². The maximum Gasteiger partial charge on any atom is 0.255 e. The van der Waals surface area contributed by atoms with E-state index in [0.717, 1.165) is 5.56 Å². The first kappa shape index (κ1) is 15.4. The van der Waals surface area contributed by atoms with Gasteiger partial charge in [-0.3, -0.25) is 4.79 Å². The van der Waals surface area contributed by atoms with Crippen LogP contribution in [0.25, 0.3) is 0 Å². The fourth-order valence-electron chi connectivity index (χ4n) is 1.68. The van der Waals surface area contributed by atoms with Crippen LogP contribution >= 0.6 is 23.2 Å². The van der Waals surface area contributed by atoms with Crippen molar-refractivity contribution in [3.05, 3.63) is 63.6 Å². The van der Waals surface area contributed by atoms with Gasteiger partial charge in [0.1, 0.15) is 0 Å². The summed E-state index contributed by atoms with van der Waals surface area (Å²) in [6, 6.07) is 11.9. The molecule has 3 N–H and O–H groups in total. The van der Waals surface area contributed by atoms with Crippen molar-refractivity contribution < 1.29 is 4.79 Å². The summed E-state index contributed by atoms with van der Waals surface area (Å²) >= 11 is 11.8. The molecular weight excluding hydrogens is 307 g/mol. The van der Waals surface area contributed by atoms with E-state index in [0.29, 0.717) is 21.3 Å². The molecule has 0 aliphatic rings. The van der Waals surface area contributed by atoms with Crippen LogP contribution in [0.1, 0.15) is 15.9 Å². The van der Waals surface area contributed by atoms with E-state index >= 15 is 0 Å². The third-order valence-electron chi connectivity index (χ3n) is 2.64. The zero-order valence-corrected chi connectivity index (χ0v) is 12.5. The Morgan fingerprint density at radius 2 is 2.00 bits per heavy atom. The Labute approximate surface area is 133 Å². The molecule has 0 spiro atoms. The number of halogens is 2. The summed E-state index contributed by atoms with van der Waals surface area (Å²) in [6.45, 7) is 0.275. The molecule has 2 aromatic rings. The molecule has 0 aromatic heterocycles. The van der Waals surface area contributed by atoms with Crippen LogP contribution in [-0.2, 0) is 0 Å². The largest absolute Gasteiger partial charge is 0.321 e. The third-order valence-corrected chi connectivity index (χ3v) is 3.19. The molecule has 0 aliphatic heterocycles. The number of rotatable bonds is 2. The molecule has 0 radical (unpaired) electrons. The molecule has 0 fully saturated rings. The standard InChI is InChI=1S/C16H12Cl2N2O/c17-13-6-7-15(14(18)10-13)20-16(21)12-5-1-3-11(9-12)4-2-8-19/h1,3,5-7,9-10H,8,19H2,(H,20,21). The number of nitrogens with one attached hydrogen (secondary N) is 1. The Morgan fingerprint density at radius 1 is 1.19 bits per heavy atom. The zero-order chi connectivity index (χ0) is 15.2. The molecule has 0 unspecified atom stereocenters. The highest BCUT2D eigenvalue weighted by molar-refractivity contribution is 6.36. The number of nitrogens with two attached hydrogens (primary N) is 1. The van der Waals surface area contributed by atoms with Gasteiger partial charge < -0.3 is 11.1 Å². The molecular formula is C16H12Cl2N2O. The van der Waals surface area contributed by atoms with Crippen molar-refractivity contribution in [2.75, 3.05) is 11.9 Å². The predicted octanol–water partition coefficient (Wildman–Crippen LogP) is 3.56. The van der Waals surface area contributed by atoms with Gasteiger partial charge in [-0.2, -0.15) is 0 Å². The van der Waals surface area contributed by atoms with E-state index in [2.05, 4.69) is 17.2 Å². The van der Waals surface area contributed by atoms with E-state index in [-0.39, 0.29) is 12.5 Å². The summed E-state index contributed by atoms with van der Waals surface area (Å²) in [5.41, 5.74) is 7.05. The van der Waals surface area contributed by atoms with E-state index in [1.165, 1.54) is 0 Å². The van der Waals surface area contributed by atoms with Gasteiger partial charge in [0.15, 0.2) is 0 Å². The maximum absolute atomic E-state index is 12.2. The van der Waals surface area contributed by atoms with Crippen molar-refractivity contribution >= 4 is 34.8 Å². The number of benzene rings is 2. The molecule has 0 bridgehead atoms. The molecule has 2 rings (SSSR count). The number of hydrogen-bond acceptors (Lipinski definition) is 2. The molecule has 0 atom stereocenters. The maximum atomic E-state index is 12.2. The van der Waals surface area contributed by atoms with Crippen LogP contribution in [0, 0.1) is 11.8 Å². The van der Waals surface area contributed by atoms with Gasteiger partial charge in [0.2, 0.25) is 0 Å². The highest BCUT2D eigenvalue weighted by atomic mass is 35.5. The fourth-order valence-corrected chi connectivity index (χ4v) is 2.13. The molecule has 1 amide bonds. The molecule has 5 heteroatoms. The van der Waals surface area contributed by atoms with Gasteiger partial charge in [0, 0.05) is 16.1 Å². The van der Waals surface area contributed by atoms with Crippen LogP contribution in [0.15, 0.2) is 42.5 Å². The van der Waals surface area contributed by atoms with E-state index in [1.807, 2.05) is 6.07 Å². The Morgan fingerprint density at radius 3 is 2.71 bits per heavy atom. The summed E-state index contributed by atoms with van der Waals surface area (Å²) in [5.74, 6) is 5.36. The predicted molar refractivity (Wildman–Crippen MR) is 86.8 cm³/mol. The lowest BCUT2D eigenvalue weighted by Gasteiger charge is -2.07. The van der Waals surface area contributed by atoms with E-state index in [1.54, 1.807) is 36.4 Å². The lowest BCUT2D eigenvalue weighted by atomic mass is 10.1. The molecule has 0 heterocycles. The van der Waals surface area contributed by atoms with Crippen molar-refractivity contribution in [1.29, 1.82) is 0 Å². The molecule has 0 aliphatic carbocycles. The second kappa shape index (κ2) is 7.14. The molecule has 0 saturated carbocycles. The number of amides is 1. The van der Waals surface area contributed by atoms with Crippen LogP contribution < -0.4 is 11.1 Å². The Hall–Kier alpha value is -1.99. The van der Waals surface area contributed by atoms with Gasteiger partial charge in [-0.15, -0.1) is 0 Å². The van der Waals surface area contributed by atoms with Crippen molar-refractivity contribution in [2.24, 2.45) is 5.73 Å². The number of anilines is 1. The smallest absolute Gasteiger partial charge is 0.255 e. The van der Waals surface area contributed by atoms with Crippen LogP contribution in [0.3, 0.4) is 0 Å². The van der Waals surface area contributed by atoms with E-state index in [4.69, 9.17) is 28.9 Å². The summed E-state index contributed by atoms with van der Waals surface area (Å²) in [6.07, 6.45) is 0. The second-order valence-corrected chi connectivity index (χ2v) is 5.01. The molecule has 106 valence electrons. The van der Waals surface area contributed by atoms with Crippen molar-refractivity contribution in [1.82, 2.24) is 0 Å². The number of carbonyl (C=O) groups excluding carboxylic acids is 1. The highest BCUT2D eigenvalue weighted by Crippen LogP contribution is 2.25. The van der Waals surface area contributed by atoms with Gasteiger partial charge in [-0.25, -0.2) is 0 Å². The average Bonchev–Trinajstić information content (AvgIpc) is 2.48. The van der Waals surface area contributed by atoms with Crippen molar-refractivity contribution in [3.63, 3.8) is 0 Å². The topological polar surface area (TPSA) is 55.1 Å². The number of hydrogen-bond donors (Lipinski definition) is 2. The molecule has 3 nitrogen and oxygen atoms in total. The van der Waals surface area contributed by atoms with Gasteiger partial charge in [-0.05, 0) is 36.4 Å². The first-order chi connectivity index (χ1) is 10.1. The second-order valence-electron chi connectivity index (χ2n) is 4.16. The minimum absolute atomic E-state index is 0.268. The zero-order valence-electron chi connectivity index (χ0n) is 11.0. The average molecular weight is 319 g/mol. The first-order valence-corrected chi connectivity index (χ1v) is 6.91. The van der Waals surface area contributed by atoms with Gasteiger partial charge in [0.05, 0.1) is 17.3 Å². The van der Waals surface area contributed by atoms with Crippen LogP contribution in [0.4, 0.5) is 5.69 Å². The minimum Gasteiger partial charge on any atom is -0.321 e. The van der Waals surface area contributed by atoms with Gasteiger partial charge in [-0.1, -0.05) is 41.1 Å². The summed E-state index contributed by atoms with van der Waals surface area (Å²) in [4.78, 5) is 12.2. The quantitative estimate of drug-likeness (QED) is 0.832. The minimum atomic E-state index is -0.268. The van der Waals surface area contributed by atoms with Gasteiger partial charge in [0.25, 0.3) is 5.91 Å². The summed E-state index contributed by atoms with van der Waals surface area (Å²) < 4.78 is 0. The normalized spacial score (nSPS) is 9.67. The van der Waals surface area contributed by atoms with Gasteiger partial charge >= 0.3 is 0 Å². The Bertz CT molecular complexity index is 733. The van der Waals surface area contributed by atoms with Crippen molar-refractivity contribution in [2.45, 2.75) is 0 Å². The monoisotopic (exact) mass is 318 g/mol. The Kier molecular flexibility index (Phi) is 5.24. The van der Waals surface area contributed by atoms with E-state index in [9.17, 15) is 4.79 Å². The highest BCUT2D eigenvalue weighted by Gasteiger charge is 2.09. The fraction of sp³-hybridized carbons (Fsp3) is 0.0625. The van der Waals surface area contributed by atoms with Crippen LogP contribution in [0.5, 0.6) is 0 Å². The number of carbonyl (C=O) groups is 1. The third kappa shape index (κ3) is 4.24.